The molecule has 6 heteroatoms. The highest BCUT2D eigenvalue weighted by atomic mass is 16.1. The second kappa shape index (κ2) is 9.79. The van der Waals surface area contributed by atoms with Gasteiger partial charge in [0.05, 0.1) is 5.69 Å². The Balaban J connectivity index is 1.31. The number of rotatable bonds is 6. The number of hydrogen-bond donors (Lipinski definition) is 1. The van der Waals surface area contributed by atoms with E-state index < -0.39 is 0 Å². The average Bonchev–Trinajstić information content (AvgIpc) is 3.10. The van der Waals surface area contributed by atoms with Crippen LogP contribution in [0.3, 0.4) is 0 Å². The van der Waals surface area contributed by atoms with Crippen LogP contribution in [-0.4, -0.2) is 46.8 Å². The summed E-state index contributed by atoms with van der Waals surface area (Å²) < 4.78 is 1.90. The molecule has 2 heterocycles. The van der Waals surface area contributed by atoms with E-state index in [4.69, 9.17) is 0 Å². The number of benzene rings is 2. The molecule has 0 spiro atoms. The van der Waals surface area contributed by atoms with Gasteiger partial charge in [0.25, 0.3) is 5.91 Å². The van der Waals surface area contributed by atoms with E-state index in [9.17, 15) is 4.79 Å². The van der Waals surface area contributed by atoms with Crippen LogP contribution in [0.2, 0.25) is 0 Å². The van der Waals surface area contributed by atoms with Gasteiger partial charge in [-0.2, -0.15) is 5.10 Å². The molecule has 1 amide bonds. The second-order valence-corrected chi connectivity index (χ2v) is 9.37. The molecule has 1 N–H and O–H groups in total. The van der Waals surface area contributed by atoms with E-state index in [1.165, 1.54) is 11.3 Å². The molecule has 6 nitrogen and oxygen atoms in total. The minimum absolute atomic E-state index is 0.0621. The summed E-state index contributed by atoms with van der Waals surface area (Å²) in [6.07, 6.45) is 4.41. The summed E-state index contributed by atoms with van der Waals surface area (Å²) in [4.78, 5) is 17.6. The molecule has 1 aliphatic rings. The maximum Gasteiger partial charge on any atom is 0.255 e. The van der Waals surface area contributed by atoms with Crippen LogP contribution in [0.5, 0.6) is 0 Å². The number of aryl methyl sites for hydroxylation is 4. The Morgan fingerprint density at radius 1 is 1.09 bits per heavy atom. The monoisotopic (exact) mass is 445 g/mol. The summed E-state index contributed by atoms with van der Waals surface area (Å²) in [6.45, 7) is 9.11. The first kappa shape index (κ1) is 23.1. The largest absolute Gasteiger partial charge is 0.371 e. The van der Waals surface area contributed by atoms with Crippen molar-refractivity contribution in [2.24, 2.45) is 7.05 Å². The van der Waals surface area contributed by atoms with Gasteiger partial charge in [0.2, 0.25) is 0 Å². The number of nitrogens with zero attached hydrogens (tertiary/aromatic N) is 4. The van der Waals surface area contributed by atoms with Crippen LogP contribution in [0.1, 0.15) is 45.6 Å². The Morgan fingerprint density at radius 3 is 2.39 bits per heavy atom. The maximum absolute atomic E-state index is 12.7. The van der Waals surface area contributed by atoms with E-state index in [2.05, 4.69) is 52.5 Å². The van der Waals surface area contributed by atoms with Gasteiger partial charge in [-0.05, 0) is 76.6 Å². The molecule has 2 aromatic carbocycles. The van der Waals surface area contributed by atoms with Crippen LogP contribution < -0.4 is 10.2 Å². The van der Waals surface area contributed by atoms with E-state index in [0.717, 1.165) is 60.5 Å². The van der Waals surface area contributed by atoms with Crippen molar-refractivity contribution in [1.29, 1.82) is 0 Å². The molecular weight excluding hydrogens is 410 g/mol. The number of nitrogens with one attached hydrogen (secondary N) is 1. The van der Waals surface area contributed by atoms with E-state index in [-0.39, 0.29) is 5.91 Å². The van der Waals surface area contributed by atoms with Crippen molar-refractivity contribution in [3.05, 3.63) is 76.6 Å². The van der Waals surface area contributed by atoms with E-state index in [1.54, 1.807) is 0 Å². The first-order chi connectivity index (χ1) is 15.8. The van der Waals surface area contributed by atoms with E-state index in [0.29, 0.717) is 6.04 Å². The minimum Gasteiger partial charge on any atom is -0.371 e. The molecule has 33 heavy (non-hydrogen) atoms. The lowest BCUT2D eigenvalue weighted by molar-refractivity contribution is 0.102. The van der Waals surface area contributed by atoms with Gasteiger partial charge in [0.1, 0.15) is 0 Å². The lowest BCUT2D eigenvalue weighted by Gasteiger charge is -2.38. The zero-order valence-corrected chi connectivity index (χ0v) is 20.4. The lowest BCUT2D eigenvalue weighted by Crippen LogP contribution is -2.43. The number of anilines is 2. The van der Waals surface area contributed by atoms with Crippen LogP contribution in [-0.2, 0) is 13.6 Å². The molecule has 1 aromatic heterocycles. The van der Waals surface area contributed by atoms with Crippen LogP contribution in [0.15, 0.2) is 48.7 Å². The van der Waals surface area contributed by atoms with Gasteiger partial charge < -0.3 is 10.2 Å². The Kier molecular flexibility index (Phi) is 6.84. The fourth-order valence-electron chi connectivity index (χ4n) is 4.79. The maximum atomic E-state index is 12.7. The summed E-state index contributed by atoms with van der Waals surface area (Å²) in [6, 6.07) is 14.7. The van der Waals surface area contributed by atoms with Gasteiger partial charge in [0.15, 0.2) is 0 Å². The van der Waals surface area contributed by atoms with Crippen molar-refractivity contribution in [3.63, 3.8) is 0 Å². The summed E-state index contributed by atoms with van der Waals surface area (Å²) in [7, 11) is 4.20. The molecule has 1 fully saturated rings. The molecule has 0 aliphatic carbocycles. The quantitative estimate of drug-likeness (QED) is 0.598. The first-order valence-corrected chi connectivity index (χ1v) is 11.7. The summed E-state index contributed by atoms with van der Waals surface area (Å²) in [5.41, 5.74) is 7.34. The predicted molar refractivity (Wildman–Crippen MR) is 135 cm³/mol. The van der Waals surface area contributed by atoms with E-state index in [1.807, 2.05) is 55.9 Å². The van der Waals surface area contributed by atoms with Crippen LogP contribution >= 0.6 is 0 Å². The summed E-state index contributed by atoms with van der Waals surface area (Å²) in [5, 5.41) is 7.50. The number of aromatic nitrogens is 2. The third-order valence-electron chi connectivity index (χ3n) is 6.74. The Bertz CT molecular complexity index is 1110. The number of piperidine rings is 1. The first-order valence-electron chi connectivity index (χ1n) is 11.7. The molecule has 3 aromatic rings. The normalized spacial score (nSPS) is 14.7. The van der Waals surface area contributed by atoms with Crippen molar-refractivity contribution >= 4 is 17.3 Å². The zero-order valence-electron chi connectivity index (χ0n) is 20.4. The Labute approximate surface area is 197 Å². The highest BCUT2D eigenvalue weighted by Crippen LogP contribution is 2.25. The Morgan fingerprint density at radius 2 is 1.79 bits per heavy atom. The Hall–Kier alpha value is -3.12. The third-order valence-corrected chi connectivity index (χ3v) is 6.74. The van der Waals surface area contributed by atoms with Crippen molar-refractivity contribution in [3.8, 4) is 0 Å². The van der Waals surface area contributed by atoms with Crippen molar-refractivity contribution < 1.29 is 4.79 Å². The van der Waals surface area contributed by atoms with Gasteiger partial charge in [-0.25, -0.2) is 0 Å². The average molecular weight is 446 g/mol. The molecule has 0 radical (unpaired) electrons. The van der Waals surface area contributed by atoms with Gasteiger partial charge >= 0.3 is 0 Å². The standard InChI is InChI=1S/C27H35N5O/c1-19-6-11-26(20(2)16-19)27(33)28-23-7-9-25(10-8-23)32-14-12-24(13-15-32)30(4)17-22-18-31(5)29-21(22)3/h6-11,16,18,24H,12-15,17H2,1-5H3,(H,28,33). The topological polar surface area (TPSA) is 53.4 Å². The fourth-order valence-corrected chi connectivity index (χ4v) is 4.79. The third kappa shape index (κ3) is 5.45. The molecule has 0 bridgehead atoms. The SMILES string of the molecule is Cc1ccc(C(=O)Nc2ccc(N3CCC(N(C)Cc4cn(C)nc4C)CC3)cc2)c(C)c1. The lowest BCUT2D eigenvalue weighted by atomic mass is 10.0. The van der Waals surface area contributed by atoms with Crippen molar-refractivity contribution in [1.82, 2.24) is 14.7 Å². The molecule has 0 atom stereocenters. The van der Waals surface area contributed by atoms with Crippen LogP contribution in [0.4, 0.5) is 11.4 Å². The smallest absolute Gasteiger partial charge is 0.255 e. The molecule has 0 saturated carbocycles. The number of carbonyl (C=O) groups excluding carboxylic acids is 1. The van der Waals surface area contributed by atoms with Crippen LogP contribution in [0.25, 0.3) is 0 Å². The second-order valence-electron chi connectivity index (χ2n) is 9.37. The molecular formula is C27H35N5O. The van der Waals surface area contributed by atoms with Crippen LogP contribution in [0, 0.1) is 20.8 Å². The molecule has 0 unspecified atom stereocenters. The fraction of sp³-hybridized carbons (Fsp3) is 0.407. The van der Waals surface area contributed by atoms with Crippen molar-refractivity contribution in [2.75, 3.05) is 30.4 Å². The van der Waals surface area contributed by atoms with Gasteiger partial charge in [0, 0.05) is 61.4 Å². The minimum atomic E-state index is -0.0621. The van der Waals surface area contributed by atoms with Crippen molar-refractivity contribution in [2.45, 2.75) is 46.2 Å². The summed E-state index contributed by atoms with van der Waals surface area (Å²) in [5.74, 6) is -0.0621. The number of hydrogen-bond acceptors (Lipinski definition) is 4. The molecule has 4 rings (SSSR count). The van der Waals surface area contributed by atoms with Gasteiger partial charge in [-0.15, -0.1) is 0 Å². The predicted octanol–water partition coefficient (Wildman–Crippen LogP) is 4.70. The number of amides is 1. The highest BCUT2D eigenvalue weighted by Gasteiger charge is 2.23. The zero-order chi connectivity index (χ0) is 23.5. The van der Waals surface area contributed by atoms with E-state index >= 15 is 0 Å². The highest BCUT2D eigenvalue weighted by molar-refractivity contribution is 6.05. The molecule has 174 valence electrons. The van der Waals surface area contributed by atoms with Gasteiger partial charge in [-0.3, -0.25) is 14.4 Å². The molecule has 1 saturated heterocycles. The number of carbonyl (C=O) groups is 1. The summed E-state index contributed by atoms with van der Waals surface area (Å²) >= 11 is 0. The van der Waals surface area contributed by atoms with Gasteiger partial charge in [-0.1, -0.05) is 17.7 Å². The molecule has 1 aliphatic heterocycles.